The fourth-order valence-corrected chi connectivity index (χ4v) is 2.18. The Bertz CT molecular complexity index is 540. The van der Waals surface area contributed by atoms with E-state index in [0.29, 0.717) is 0 Å². The Morgan fingerprint density at radius 1 is 1.10 bits per heavy atom. The first-order valence-corrected chi connectivity index (χ1v) is 6.84. The summed E-state index contributed by atoms with van der Waals surface area (Å²) < 4.78 is 5.17. The molecule has 2 aromatic rings. The zero-order valence-electron chi connectivity index (χ0n) is 12.2. The van der Waals surface area contributed by atoms with Crippen LogP contribution >= 0.6 is 0 Å². The van der Waals surface area contributed by atoms with Gasteiger partial charge in [0.25, 0.3) is 0 Å². The molecule has 0 saturated carbocycles. The summed E-state index contributed by atoms with van der Waals surface area (Å²) in [5.41, 5.74) is 9.34. The Kier molecular flexibility index (Phi) is 5.02. The molecule has 106 valence electrons. The molecule has 0 atom stereocenters. The van der Waals surface area contributed by atoms with Crippen LogP contribution in [0.1, 0.15) is 11.1 Å². The van der Waals surface area contributed by atoms with Crippen molar-refractivity contribution in [2.45, 2.75) is 13.0 Å². The Hall–Kier alpha value is -2.00. The van der Waals surface area contributed by atoms with Crippen molar-refractivity contribution in [2.75, 3.05) is 26.4 Å². The van der Waals surface area contributed by atoms with Crippen molar-refractivity contribution in [3.63, 3.8) is 0 Å². The van der Waals surface area contributed by atoms with Crippen molar-refractivity contribution in [3.05, 3.63) is 59.7 Å². The van der Waals surface area contributed by atoms with E-state index in [4.69, 9.17) is 10.5 Å². The molecule has 0 radical (unpaired) electrons. The van der Waals surface area contributed by atoms with Gasteiger partial charge < -0.3 is 15.4 Å². The molecular formula is C17H22N2O. The predicted octanol–water partition coefficient (Wildman–Crippen LogP) is 2.95. The number of benzene rings is 2. The first-order valence-electron chi connectivity index (χ1n) is 6.84. The molecule has 2 aromatic carbocycles. The second kappa shape index (κ2) is 6.96. The number of rotatable bonds is 6. The Labute approximate surface area is 121 Å². The lowest BCUT2D eigenvalue weighted by molar-refractivity contribution is 0.331. The van der Waals surface area contributed by atoms with Crippen LogP contribution < -0.4 is 10.5 Å². The van der Waals surface area contributed by atoms with E-state index < -0.39 is 0 Å². The zero-order chi connectivity index (χ0) is 14.4. The number of nitrogens with zero attached hydrogens (tertiary/aromatic N) is 1. The smallest absolute Gasteiger partial charge is 0.120 e. The third-order valence-corrected chi connectivity index (χ3v) is 3.42. The van der Waals surface area contributed by atoms with Crippen LogP contribution in [-0.2, 0) is 13.0 Å². The maximum Gasteiger partial charge on any atom is 0.120 e. The molecule has 0 unspecified atom stereocenters. The third kappa shape index (κ3) is 4.00. The van der Waals surface area contributed by atoms with Gasteiger partial charge in [0.2, 0.25) is 0 Å². The molecule has 0 heterocycles. The van der Waals surface area contributed by atoms with Crippen molar-refractivity contribution in [1.29, 1.82) is 0 Å². The van der Waals surface area contributed by atoms with Gasteiger partial charge in [-0.15, -0.1) is 0 Å². The molecule has 2 rings (SSSR count). The van der Waals surface area contributed by atoms with Gasteiger partial charge in [-0.1, -0.05) is 36.4 Å². The quantitative estimate of drug-likeness (QED) is 0.820. The largest absolute Gasteiger partial charge is 0.497 e. The molecule has 3 heteroatoms. The van der Waals surface area contributed by atoms with Crippen molar-refractivity contribution >= 4 is 5.69 Å². The van der Waals surface area contributed by atoms with E-state index in [2.05, 4.69) is 36.2 Å². The average Bonchev–Trinajstić information content (AvgIpc) is 2.48. The van der Waals surface area contributed by atoms with Crippen molar-refractivity contribution in [1.82, 2.24) is 4.90 Å². The molecule has 0 fully saturated rings. The van der Waals surface area contributed by atoms with E-state index in [1.165, 1.54) is 5.56 Å². The Morgan fingerprint density at radius 2 is 1.85 bits per heavy atom. The minimum absolute atomic E-state index is 0.788. The van der Waals surface area contributed by atoms with Gasteiger partial charge in [-0.05, 0) is 30.7 Å². The van der Waals surface area contributed by atoms with E-state index >= 15 is 0 Å². The van der Waals surface area contributed by atoms with Gasteiger partial charge in [-0.3, -0.25) is 0 Å². The van der Waals surface area contributed by atoms with Gasteiger partial charge in [0.1, 0.15) is 5.75 Å². The molecule has 0 aliphatic rings. The zero-order valence-corrected chi connectivity index (χ0v) is 12.2. The van der Waals surface area contributed by atoms with Crippen LogP contribution in [-0.4, -0.2) is 25.6 Å². The van der Waals surface area contributed by atoms with Crippen LogP contribution in [0.2, 0.25) is 0 Å². The van der Waals surface area contributed by atoms with Crippen LogP contribution in [0.3, 0.4) is 0 Å². The summed E-state index contributed by atoms with van der Waals surface area (Å²) in [7, 11) is 3.77. The molecule has 0 aliphatic carbocycles. The molecule has 2 N–H and O–H groups in total. The summed E-state index contributed by atoms with van der Waals surface area (Å²) in [6, 6.07) is 16.4. The van der Waals surface area contributed by atoms with Gasteiger partial charge in [-0.2, -0.15) is 0 Å². The topological polar surface area (TPSA) is 38.5 Å². The van der Waals surface area contributed by atoms with Gasteiger partial charge in [0.05, 0.1) is 7.11 Å². The summed E-state index contributed by atoms with van der Waals surface area (Å²) in [5.74, 6) is 0.804. The molecule has 3 nitrogen and oxygen atoms in total. The van der Waals surface area contributed by atoms with E-state index in [1.54, 1.807) is 7.11 Å². The summed E-state index contributed by atoms with van der Waals surface area (Å²) >= 11 is 0. The van der Waals surface area contributed by atoms with Gasteiger partial charge in [0, 0.05) is 24.8 Å². The predicted molar refractivity (Wildman–Crippen MR) is 83.9 cm³/mol. The maximum atomic E-state index is 6.05. The highest BCUT2D eigenvalue weighted by Gasteiger charge is 2.05. The average molecular weight is 270 g/mol. The van der Waals surface area contributed by atoms with Gasteiger partial charge >= 0.3 is 0 Å². The normalized spacial score (nSPS) is 10.8. The molecule has 0 amide bonds. The van der Waals surface area contributed by atoms with E-state index in [0.717, 1.165) is 36.5 Å². The van der Waals surface area contributed by atoms with E-state index in [9.17, 15) is 0 Å². The van der Waals surface area contributed by atoms with E-state index in [1.807, 2.05) is 24.3 Å². The highest BCUT2D eigenvalue weighted by molar-refractivity contribution is 5.51. The highest BCUT2D eigenvalue weighted by atomic mass is 16.5. The molecule has 0 spiro atoms. The number of hydrogen-bond donors (Lipinski definition) is 1. The number of likely N-dealkylation sites (N-methyl/N-ethyl adjacent to an activating group) is 1. The fraction of sp³-hybridized carbons (Fsp3) is 0.294. The molecule has 20 heavy (non-hydrogen) atoms. The van der Waals surface area contributed by atoms with Crippen LogP contribution in [0.25, 0.3) is 0 Å². The highest BCUT2D eigenvalue weighted by Crippen LogP contribution is 2.20. The lowest BCUT2D eigenvalue weighted by Gasteiger charge is -2.18. The maximum absolute atomic E-state index is 6.05. The number of hydrogen-bond acceptors (Lipinski definition) is 3. The number of anilines is 1. The lowest BCUT2D eigenvalue weighted by Crippen LogP contribution is -2.21. The fourth-order valence-electron chi connectivity index (χ4n) is 2.18. The molecule has 0 bridgehead atoms. The number of nitrogens with two attached hydrogens (primary N) is 1. The Morgan fingerprint density at radius 3 is 2.50 bits per heavy atom. The molecule has 0 aliphatic heterocycles. The van der Waals surface area contributed by atoms with Crippen LogP contribution in [0.5, 0.6) is 5.75 Å². The number of ether oxygens (including phenoxy) is 1. The number of nitrogen functional groups attached to an aromatic ring is 1. The molecule has 0 aromatic heterocycles. The SMILES string of the molecule is COc1ccc(CN(C)CCc2ccccc2)c(N)c1. The second-order valence-electron chi connectivity index (χ2n) is 5.04. The van der Waals surface area contributed by atoms with Crippen LogP contribution in [0, 0.1) is 0 Å². The van der Waals surface area contributed by atoms with Crippen LogP contribution in [0.15, 0.2) is 48.5 Å². The minimum atomic E-state index is 0.788. The van der Waals surface area contributed by atoms with Crippen molar-refractivity contribution < 1.29 is 4.74 Å². The third-order valence-electron chi connectivity index (χ3n) is 3.42. The summed E-state index contributed by atoms with van der Waals surface area (Å²) in [5, 5.41) is 0. The first-order chi connectivity index (χ1) is 9.69. The van der Waals surface area contributed by atoms with E-state index in [-0.39, 0.29) is 0 Å². The first kappa shape index (κ1) is 14.4. The summed E-state index contributed by atoms with van der Waals surface area (Å²) in [4.78, 5) is 2.28. The Balaban J connectivity index is 1.89. The van der Waals surface area contributed by atoms with Crippen LogP contribution in [0.4, 0.5) is 5.69 Å². The van der Waals surface area contributed by atoms with Crippen molar-refractivity contribution in [2.24, 2.45) is 0 Å². The lowest BCUT2D eigenvalue weighted by atomic mass is 10.1. The molecule has 0 saturated heterocycles. The molecular weight excluding hydrogens is 248 g/mol. The van der Waals surface area contributed by atoms with Gasteiger partial charge in [0.15, 0.2) is 0 Å². The van der Waals surface area contributed by atoms with Gasteiger partial charge in [-0.25, -0.2) is 0 Å². The van der Waals surface area contributed by atoms with Crippen molar-refractivity contribution in [3.8, 4) is 5.75 Å². The standard InChI is InChI=1S/C17H22N2O/c1-19(11-10-14-6-4-3-5-7-14)13-15-8-9-16(20-2)12-17(15)18/h3-9,12H,10-11,13,18H2,1-2H3. The second-order valence-corrected chi connectivity index (χ2v) is 5.04. The monoisotopic (exact) mass is 270 g/mol. The summed E-state index contributed by atoms with van der Waals surface area (Å²) in [6.45, 7) is 1.86. The summed E-state index contributed by atoms with van der Waals surface area (Å²) in [6.07, 6.45) is 1.05. The minimum Gasteiger partial charge on any atom is -0.497 e. The number of methoxy groups -OCH3 is 1.